The third kappa shape index (κ3) is 3.97. The Morgan fingerprint density at radius 3 is 2.93 bits per heavy atom. The summed E-state index contributed by atoms with van der Waals surface area (Å²) < 4.78 is 1.83. The minimum absolute atomic E-state index is 0.0264. The van der Waals surface area contributed by atoms with Crippen LogP contribution in [0.4, 0.5) is 0 Å². The maximum Gasteiger partial charge on any atom is 0.272 e. The number of nitrogens with zero attached hydrogens (tertiary/aromatic N) is 3. The van der Waals surface area contributed by atoms with E-state index in [9.17, 15) is 9.90 Å². The lowest BCUT2D eigenvalue weighted by Gasteiger charge is -2.32. The van der Waals surface area contributed by atoms with Gasteiger partial charge < -0.3 is 10.4 Å². The number of fused-ring (bicyclic) bond motifs is 1. The zero-order valence-corrected chi connectivity index (χ0v) is 17.1. The molecule has 2 atom stereocenters. The molecule has 2 aromatic rings. The summed E-state index contributed by atoms with van der Waals surface area (Å²) in [5, 5.41) is 17.1. The highest BCUT2D eigenvalue weighted by Gasteiger charge is 2.32. The van der Waals surface area contributed by atoms with Crippen molar-refractivity contribution in [2.75, 3.05) is 24.7 Å². The summed E-state index contributed by atoms with van der Waals surface area (Å²) in [5.41, 5.74) is 3.73. The summed E-state index contributed by atoms with van der Waals surface area (Å²) in [6.07, 6.45) is 2.10. The minimum Gasteiger partial charge on any atom is -0.394 e. The van der Waals surface area contributed by atoms with E-state index in [1.54, 1.807) is 0 Å². The van der Waals surface area contributed by atoms with Gasteiger partial charge in [0.25, 0.3) is 5.91 Å². The second-order valence-corrected chi connectivity index (χ2v) is 8.71. The quantitative estimate of drug-likeness (QED) is 0.778. The van der Waals surface area contributed by atoms with Crippen LogP contribution in [0.1, 0.15) is 46.7 Å². The largest absolute Gasteiger partial charge is 0.394 e. The van der Waals surface area contributed by atoms with Crippen LogP contribution < -0.4 is 5.32 Å². The van der Waals surface area contributed by atoms with E-state index in [0.29, 0.717) is 18.3 Å². The number of nitrogens with one attached hydrogen (secondary N) is 1. The molecule has 0 bridgehead atoms. The number of carbonyl (C=O) groups is 1. The first-order valence-electron chi connectivity index (χ1n) is 10.0. The van der Waals surface area contributed by atoms with Gasteiger partial charge in [0.1, 0.15) is 0 Å². The van der Waals surface area contributed by atoms with Gasteiger partial charge in [0, 0.05) is 42.6 Å². The zero-order chi connectivity index (χ0) is 19.5. The molecule has 4 rings (SSSR count). The van der Waals surface area contributed by atoms with Crippen molar-refractivity contribution in [1.29, 1.82) is 0 Å². The van der Waals surface area contributed by atoms with Crippen molar-refractivity contribution in [2.24, 2.45) is 0 Å². The van der Waals surface area contributed by atoms with Gasteiger partial charge in [-0.05, 0) is 24.7 Å². The first kappa shape index (κ1) is 19.5. The fourth-order valence-electron chi connectivity index (χ4n) is 4.19. The molecule has 1 amide bonds. The van der Waals surface area contributed by atoms with E-state index in [4.69, 9.17) is 0 Å². The van der Waals surface area contributed by atoms with Crippen LogP contribution in [-0.2, 0) is 19.5 Å². The van der Waals surface area contributed by atoms with Gasteiger partial charge in [0.05, 0.1) is 19.2 Å². The van der Waals surface area contributed by atoms with Crippen LogP contribution in [0, 0.1) is 0 Å². The van der Waals surface area contributed by atoms with E-state index in [0.717, 1.165) is 36.3 Å². The van der Waals surface area contributed by atoms with E-state index in [1.165, 1.54) is 17.9 Å². The van der Waals surface area contributed by atoms with Crippen LogP contribution in [0.3, 0.4) is 0 Å². The predicted molar refractivity (Wildman–Crippen MR) is 111 cm³/mol. The van der Waals surface area contributed by atoms with Gasteiger partial charge in [-0.1, -0.05) is 30.3 Å². The number of hydrogen-bond acceptors (Lipinski definition) is 5. The zero-order valence-electron chi connectivity index (χ0n) is 16.3. The average molecular weight is 401 g/mol. The van der Waals surface area contributed by atoms with Gasteiger partial charge in [-0.3, -0.25) is 14.4 Å². The average Bonchev–Trinajstić information content (AvgIpc) is 3.37. The van der Waals surface area contributed by atoms with Crippen LogP contribution >= 0.6 is 11.8 Å². The molecule has 0 saturated carbocycles. The van der Waals surface area contributed by atoms with E-state index in [1.807, 2.05) is 53.7 Å². The van der Waals surface area contributed by atoms with Gasteiger partial charge in [0.15, 0.2) is 5.69 Å². The molecule has 150 valence electrons. The molecule has 1 saturated heterocycles. The molecule has 1 aromatic carbocycles. The fraction of sp³-hybridized carbons (Fsp3) is 0.524. The Kier molecular flexibility index (Phi) is 6.04. The normalized spacial score (nSPS) is 20.7. The Bertz CT molecular complexity index is 817. The molecule has 0 radical (unpaired) electrons. The lowest BCUT2D eigenvalue weighted by Crippen LogP contribution is -2.40. The van der Waals surface area contributed by atoms with E-state index in [-0.39, 0.29) is 18.6 Å². The Hall–Kier alpha value is -1.83. The lowest BCUT2D eigenvalue weighted by atomic mass is 10.0. The van der Waals surface area contributed by atoms with Crippen molar-refractivity contribution >= 4 is 17.7 Å². The summed E-state index contributed by atoms with van der Waals surface area (Å²) in [4.78, 5) is 15.6. The van der Waals surface area contributed by atoms with Crippen LogP contribution in [0.15, 0.2) is 30.3 Å². The number of amides is 1. The molecule has 2 aliphatic rings. The molecule has 7 heteroatoms. The molecule has 6 nitrogen and oxygen atoms in total. The number of carbonyl (C=O) groups excluding carboxylic acids is 1. The Balaban J connectivity index is 1.57. The van der Waals surface area contributed by atoms with Gasteiger partial charge >= 0.3 is 0 Å². The number of thioether (sulfide) groups is 1. The molecule has 1 fully saturated rings. The molecule has 28 heavy (non-hydrogen) atoms. The standard InChI is InChI=1S/C21H28N4O2S/c1-15(16-5-3-2-4-6-16)22-21(27)20-18-13-24(17-8-12-28-14-17)9-7-19(18)25(23-20)10-11-26/h2-6,15,17,26H,7-14H2,1H3,(H,22,27)/t15-,17-/m0/s1. The maximum atomic E-state index is 13.1. The van der Waals surface area contributed by atoms with Crippen LogP contribution in [-0.4, -0.2) is 56.4 Å². The molecule has 0 aliphatic carbocycles. The van der Waals surface area contributed by atoms with Crippen molar-refractivity contribution in [3.63, 3.8) is 0 Å². The van der Waals surface area contributed by atoms with Gasteiger partial charge in [0.2, 0.25) is 0 Å². The number of rotatable bonds is 6. The predicted octanol–water partition coefficient (Wildman–Crippen LogP) is 2.23. The highest BCUT2D eigenvalue weighted by atomic mass is 32.2. The maximum absolute atomic E-state index is 13.1. The number of aromatic nitrogens is 2. The Labute approximate surface area is 170 Å². The first-order valence-corrected chi connectivity index (χ1v) is 11.2. The van der Waals surface area contributed by atoms with E-state index >= 15 is 0 Å². The molecular formula is C21H28N4O2S. The summed E-state index contributed by atoms with van der Waals surface area (Å²) in [6.45, 7) is 4.22. The highest BCUT2D eigenvalue weighted by Crippen LogP contribution is 2.29. The SMILES string of the molecule is C[C@H](NC(=O)c1nn(CCO)c2c1CN([C@H]1CCSC1)CC2)c1ccccc1. The second-order valence-electron chi connectivity index (χ2n) is 7.56. The van der Waals surface area contributed by atoms with Crippen molar-refractivity contribution in [3.05, 3.63) is 52.8 Å². The summed E-state index contributed by atoms with van der Waals surface area (Å²) in [6, 6.07) is 10.5. The van der Waals surface area contributed by atoms with Crippen LogP contribution in [0.25, 0.3) is 0 Å². The van der Waals surface area contributed by atoms with Crippen molar-refractivity contribution < 1.29 is 9.90 Å². The summed E-state index contributed by atoms with van der Waals surface area (Å²) in [7, 11) is 0. The molecule has 3 heterocycles. The van der Waals surface area contributed by atoms with Gasteiger partial charge in [-0.15, -0.1) is 0 Å². The number of aliphatic hydroxyl groups excluding tert-OH is 1. The summed E-state index contributed by atoms with van der Waals surface area (Å²) in [5.74, 6) is 2.26. The van der Waals surface area contributed by atoms with E-state index < -0.39 is 0 Å². The Morgan fingerprint density at radius 2 is 2.21 bits per heavy atom. The monoisotopic (exact) mass is 400 g/mol. The van der Waals surface area contributed by atoms with Gasteiger partial charge in [-0.2, -0.15) is 16.9 Å². The third-order valence-electron chi connectivity index (χ3n) is 5.76. The number of benzene rings is 1. The second kappa shape index (κ2) is 8.68. The first-order chi connectivity index (χ1) is 13.7. The molecule has 2 aliphatic heterocycles. The van der Waals surface area contributed by atoms with Crippen molar-refractivity contribution in [1.82, 2.24) is 20.0 Å². The van der Waals surface area contributed by atoms with Crippen LogP contribution in [0.2, 0.25) is 0 Å². The molecule has 0 spiro atoms. The number of aliphatic hydroxyl groups is 1. The fourth-order valence-corrected chi connectivity index (χ4v) is 5.44. The Morgan fingerprint density at radius 1 is 1.39 bits per heavy atom. The summed E-state index contributed by atoms with van der Waals surface area (Å²) >= 11 is 2.01. The van der Waals surface area contributed by atoms with Crippen molar-refractivity contribution in [2.45, 2.75) is 44.9 Å². The van der Waals surface area contributed by atoms with Crippen molar-refractivity contribution in [3.8, 4) is 0 Å². The van der Waals surface area contributed by atoms with Gasteiger partial charge in [-0.25, -0.2) is 0 Å². The molecular weight excluding hydrogens is 372 g/mol. The molecule has 0 unspecified atom stereocenters. The molecule has 2 N–H and O–H groups in total. The highest BCUT2D eigenvalue weighted by molar-refractivity contribution is 7.99. The smallest absolute Gasteiger partial charge is 0.272 e. The lowest BCUT2D eigenvalue weighted by molar-refractivity contribution is 0.0930. The third-order valence-corrected chi connectivity index (χ3v) is 6.90. The minimum atomic E-state index is -0.132. The van der Waals surface area contributed by atoms with Crippen LogP contribution in [0.5, 0.6) is 0 Å². The topological polar surface area (TPSA) is 70.4 Å². The number of hydrogen-bond donors (Lipinski definition) is 2. The van der Waals surface area contributed by atoms with E-state index in [2.05, 4.69) is 15.3 Å². The molecule has 1 aromatic heterocycles.